The highest BCUT2D eigenvalue weighted by molar-refractivity contribution is 8.31. The highest BCUT2D eigenvalue weighted by atomic mass is 36.0. The summed E-state index contributed by atoms with van der Waals surface area (Å²) in [6, 6.07) is 5.86. The lowest BCUT2D eigenvalue weighted by Crippen LogP contribution is -1.65. The van der Waals surface area contributed by atoms with Crippen LogP contribution in [-0.2, 0) is 8.26 Å². The molecule has 0 aliphatic carbocycles. The van der Waals surface area contributed by atoms with Crippen molar-refractivity contribution in [3.05, 3.63) is 29.8 Å². The van der Waals surface area contributed by atoms with Gasteiger partial charge in [-0.15, -0.1) is 11.3 Å². The van der Waals surface area contributed by atoms with E-state index >= 15 is 0 Å². The zero-order valence-electron chi connectivity index (χ0n) is 7.13. The van der Waals surface area contributed by atoms with Gasteiger partial charge in [0.2, 0.25) is 0 Å². The topological polar surface area (TPSA) is 60.2 Å². The van der Waals surface area contributed by atoms with E-state index < -0.39 is 8.26 Å². The van der Waals surface area contributed by atoms with Gasteiger partial charge >= 0.3 is 8.26 Å². The number of thiophene rings is 1. The molecule has 2 aromatic heterocycles. The van der Waals surface area contributed by atoms with E-state index in [2.05, 4.69) is 26.5 Å². The highest BCUT2D eigenvalue weighted by Crippen LogP contribution is 2.21. The zero-order valence-corrected chi connectivity index (χ0v) is 10.3. The van der Waals surface area contributed by atoms with Crippen LogP contribution in [0.25, 0.3) is 10.6 Å². The second-order valence-corrected chi connectivity index (χ2v) is 6.86. The Morgan fingerprint density at radius 2 is 2.00 bits per heavy atom. The van der Waals surface area contributed by atoms with Crippen molar-refractivity contribution in [3.8, 4) is 10.6 Å². The second kappa shape index (κ2) is 5.50. The summed E-state index contributed by atoms with van der Waals surface area (Å²) >= 11 is 1.66. The summed E-state index contributed by atoms with van der Waals surface area (Å²) in [6.45, 7) is 0. The third kappa shape index (κ3) is 5.78. The molecule has 0 amide bonds. The fourth-order valence-electron chi connectivity index (χ4n) is 0.764. The largest absolute Gasteiger partial charge is 0.364 e. The maximum atomic E-state index is 9.16. The Morgan fingerprint density at radius 1 is 1.33 bits per heavy atom. The molecule has 4 nitrogen and oxygen atoms in total. The summed E-state index contributed by atoms with van der Waals surface area (Å²) in [5.41, 5.74) is 0.912. The molecule has 82 valence electrons. The van der Waals surface area contributed by atoms with Crippen LogP contribution in [-0.4, -0.2) is 13.6 Å². The lowest BCUT2D eigenvalue weighted by Gasteiger charge is -1.81. The molecule has 0 saturated carbocycles. The van der Waals surface area contributed by atoms with Crippen molar-refractivity contribution in [3.63, 3.8) is 0 Å². The van der Waals surface area contributed by atoms with Crippen molar-refractivity contribution in [2.24, 2.45) is 0 Å². The van der Waals surface area contributed by atoms with Crippen LogP contribution in [0.4, 0.5) is 0 Å². The van der Waals surface area contributed by atoms with Gasteiger partial charge in [0.1, 0.15) is 12.0 Å². The van der Waals surface area contributed by atoms with Gasteiger partial charge in [0, 0.05) is 27.4 Å². The Bertz CT molecular complexity index is 438. The fourth-order valence-corrected chi connectivity index (χ4v) is 1.45. The number of hydrogen-bond donors (Lipinski definition) is 0. The molecule has 0 bridgehead atoms. The SMILES string of the molecule is O=S(=O)(Cl)Cl.c1csc(-c2ccon2)c1. The van der Waals surface area contributed by atoms with Gasteiger partial charge in [0.25, 0.3) is 0 Å². The van der Waals surface area contributed by atoms with Gasteiger partial charge in [-0.05, 0) is 11.4 Å². The molecule has 0 aliphatic heterocycles. The van der Waals surface area contributed by atoms with E-state index in [1.54, 1.807) is 17.6 Å². The van der Waals surface area contributed by atoms with Crippen LogP contribution in [0, 0.1) is 0 Å². The van der Waals surface area contributed by atoms with Gasteiger partial charge < -0.3 is 4.52 Å². The van der Waals surface area contributed by atoms with Crippen LogP contribution in [0.2, 0.25) is 0 Å². The number of rotatable bonds is 1. The first-order valence-electron chi connectivity index (χ1n) is 3.55. The molecular weight excluding hydrogens is 281 g/mol. The molecule has 15 heavy (non-hydrogen) atoms. The number of aromatic nitrogens is 1. The van der Waals surface area contributed by atoms with Crippen LogP contribution >= 0.6 is 32.7 Å². The van der Waals surface area contributed by atoms with E-state index in [9.17, 15) is 0 Å². The van der Waals surface area contributed by atoms with Crippen molar-refractivity contribution < 1.29 is 12.9 Å². The van der Waals surface area contributed by atoms with Gasteiger partial charge in [-0.2, -0.15) is 8.42 Å². The van der Waals surface area contributed by atoms with Gasteiger partial charge in [0.15, 0.2) is 0 Å². The molecule has 0 aliphatic rings. The average Bonchev–Trinajstić information content (AvgIpc) is 2.73. The highest BCUT2D eigenvalue weighted by Gasteiger charge is 1.99. The zero-order chi connectivity index (χ0) is 11.3. The molecule has 2 aromatic rings. The summed E-state index contributed by atoms with van der Waals surface area (Å²) in [5.74, 6) is 0. The predicted octanol–water partition coefficient (Wildman–Crippen LogP) is 3.11. The van der Waals surface area contributed by atoms with E-state index in [0.29, 0.717) is 0 Å². The maximum absolute atomic E-state index is 9.16. The quantitative estimate of drug-likeness (QED) is 0.756. The Balaban J connectivity index is 0.000000195. The van der Waals surface area contributed by atoms with Gasteiger partial charge in [-0.1, -0.05) is 11.2 Å². The van der Waals surface area contributed by atoms with E-state index in [-0.39, 0.29) is 0 Å². The lowest BCUT2D eigenvalue weighted by atomic mass is 10.4. The van der Waals surface area contributed by atoms with Crippen molar-refractivity contribution in [1.29, 1.82) is 0 Å². The molecular formula is C7H5Cl2NO3S2. The molecule has 0 saturated heterocycles. The lowest BCUT2D eigenvalue weighted by molar-refractivity contribution is 0.422. The minimum absolute atomic E-state index is 0.912. The molecule has 0 N–H and O–H groups in total. The fraction of sp³-hybridized carbons (Fsp3) is 0. The van der Waals surface area contributed by atoms with E-state index in [1.807, 2.05) is 23.6 Å². The first kappa shape index (κ1) is 12.5. The van der Waals surface area contributed by atoms with Gasteiger partial charge in [0.05, 0.1) is 4.88 Å². The summed E-state index contributed by atoms with van der Waals surface area (Å²) in [5, 5.41) is 5.81. The van der Waals surface area contributed by atoms with Crippen LogP contribution in [0.3, 0.4) is 0 Å². The Hall–Kier alpha value is -0.560. The van der Waals surface area contributed by atoms with Crippen molar-refractivity contribution in [2.45, 2.75) is 0 Å². The van der Waals surface area contributed by atoms with Gasteiger partial charge in [-0.3, -0.25) is 0 Å². The molecule has 0 aromatic carbocycles. The van der Waals surface area contributed by atoms with Crippen LogP contribution in [0.5, 0.6) is 0 Å². The van der Waals surface area contributed by atoms with Crippen molar-refractivity contribution in [1.82, 2.24) is 5.16 Å². The Kier molecular flexibility index (Phi) is 4.59. The molecule has 0 spiro atoms. The second-order valence-electron chi connectivity index (χ2n) is 2.24. The summed E-state index contributed by atoms with van der Waals surface area (Å²) in [7, 11) is 4.81. The number of hydrogen-bond acceptors (Lipinski definition) is 5. The summed E-state index contributed by atoms with van der Waals surface area (Å²) in [6.07, 6.45) is 1.58. The molecule has 0 radical (unpaired) electrons. The van der Waals surface area contributed by atoms with E-state index in [1.165, 1.54) is 0 Å². The third-order valence-electron chi connectivity index (χ3n) is 1.21. The molecule has 8 heteroatoms. The van der Waals surface area contributed by atoms with Gasteiger partial charge in [-0.25, -0.2) is 0 Å². The third-order valence-corrected chi connectivity index (χ3v) is 2.10. The molecule has 0 unspecified atom stereocenters. The molecule has 0 atom stereocenters. The minimum atomic E-state index is -3.72. The summed E-state index contributed by atoms with van der Waals surface area (Å²) < 4.78 is 23.0. The van der Waals surface area contributed by atoms with Crippen molar-refractivity contribution >= 4 is 41.0 Å². The molecule has 2 rings (SSSR count). The number of halogens is 2. The Labute approximate surface area is 99.3 Å². The average molecular weight is 286 g/mol. The first-order chi connectivity index (χ1) is 6.97. The van der Waals surface area contributed by atoms with Crippen LogP contribution in [0.15, 0.2) is 34.4 Å². The minimum Gasteiger partial charge on any atom is -0.364 e. The normalized spacial score (nSPS) is 10.5. The van der Waals surface area contributed by atoms with E-state index in [0.717, 1.165) is 10.6 Å². The monoisotopic (exact) mass is 285 g/mol. The smallest absolute Gasteiger partial charge is 0.317 e. The van der Waals surface area contributed by atoms with Crippen molar-refractivity contribution in [2.75, 3.05) is 0 Å². The van der Waals surface area contributed by atoms with Crippen LogP contribution < -0.4 is 0 Å². The predicted molar refractivity (Wildman–Crippen MR) is 60.4 cm³/mol. The Morgan fingerprint density at radius 3 is 2.40 bits per heavy atom. The molecule has 2 heterocycles. The molecule has 0 fully saturated rings. The van der Waals surface area contributed by atoms with Crippen LogP contribution in [0.1, 0.15) is 0 Å². The maximum Gasteiger partial charge on any atom is 0.317 e. The summed E-state index contributed by atoms with van der Waals surface area (Å²) in [4.78, 5) is 1.15. The van der Waals surface area contributed by atoms with E-state index in [4.69, 9.17) is 12.9 Å². The standard InChI is InChI=1S/C7H5NOS.Cl2O2S/c1-2-7(10-5-1)6-3-4-9-8-6;1-5(2,3)4/h1-5H;. The number of nitrogens with zero attached hydrogens (tertiary/aromatic N) is 1. The first-order valence-corrected chi connectivity index (χ1v) is 7.57.